The van der Waals surface area contributed by atoms with E-state index in [1.54, 1.807) is 6.07 Å². The van der Waals surface area contributed by atoms with Gasteiger partial charge in [0.2, 0.25) is 0 Å². The van der Waals surface area contributed by atoms with Gasteiger partial charge in [0.25, 0.3) is 0 Å². The Morgan fingerprint density at radius 2 is 1.73 bits per heavy atom. The standard InChI is InChI=1S/C13H12FN/c1-9-7-12(14)13(15)8-11(9)10-5-3-2-4-6-10/h2-8H,15H2,1H3. The fourth-order valence-corrected chi connectivity index (χ4v) is 1.62. The van der Waals surface area contributed by atoms with E-state index in [4.69, 9.17) is 5.73 Å². The Hall–Kier alpha value is -1.83. The molecule has 2 aromatic carbocycles. The number of nitrogens with two attached hydrogens (primary N) is 1. The molecule has 0 spiro atoms. The average molecular weight is 201 g/mol. The molecule has 0 amide bonds. The van der Waals surface area contributed by atoms with Gasteiger partial charge in [0.05, 0.1) is 5.69 Å². The first-order chi connectivity index (χ1) is 7.18. The molecule has 0 heterocycles. The molecule has 0 aliphatic heterocycles. The fraction of sp³-hybridized carbons (Fsp3) is 0.0769. The van der Waals surface area contributed by atoms with Crippen LogP contribution in [0, 0.1) is 12.7 Å². The van der Waals surface area contributed by atoms with Gasteiger partial charge >= 0.3 is 0 Å². The van der Waals surface area contributed by atoms with Gasteiger partial charge in [-0.2, -0.15) is 0 Å². The number of benzene rings is 2. The minimum Gasteiger partial charge on any atom is -0.396 e. The van der Waals surface area contributed by atoms with Crippen molar-refractivity contribution in [2.24, 2.45) is 0 Å². The molecule has 0 aromatic heterocycles. The number of anilines is 1. The number of halogens is 1. The van der Waals surface area contributed by atoms with E-state index in [1.165, 1.54) is 6.07 Å². The molecular formula is C13H12FN. The molecule has 0 atom stereocenters. The molecule has 0 saturated heterocycles. The number of nitrogen functional groups attached to an aromatic ring is 1. The lowest BCUT2D eigenvalue weighted by Gasteiger charge is -2.07. The van der Waals surface area contributed by atoms with Crippen LogP contribution in [0.25, 0.3) is 11.1 Å². The highest BCUT2D eigenvalue weighted by atomic mass is 19.1. The number of hydrogen-bond acceptors (Lipinski definition) is 1. The molecule has 76 valence electrons. The first kappa shape index (κ1) is 9.71. The molecular weight excluding hydrogens is 189 g/mol. The Kier molecular flexibility index (Phi) is 2.42. The molecule has 0 saturated carbocycles. The van der Waals surface area contributed by atoms with Crippen LogP contribution in [0.4, 0.5) is 10.1 Å². The molecule has 2 rings (SSSR count). The van der Waals surface area contributed by atoms with E-state index in [1.807, 2.05) is 37.3 Å². The van der Waals surface area contributed by atoms with Crippen LogP contribution in [0.2, 0.25) is 0 Å². The predicted octanol–water partition coefficient (Wildman–Crippen LogP) is 3.38. The van der Waals surface area contributed by atoms with Crippen molar-refractivity contribution in [2.45, 2.75) is 6.92 Å². The van der Waals surface area contributed by atoms with E-state index in [0.717, 1.165) is 16.7 Å². The van der Waals surface area contributed by atoms with Gasteiger partial charge in [-0.3, -0.25) is 0 Å². The van der Waals surface area contributed by atoms with Gasteiger partial charge < -0.3 is 5.73 Å². The summed E-state index contributed by atoms with van der Waals surface area (Å²) in [5, 5.41) is 0. The maximum atomic E-state index is 13.2. The molecule has 0 fully saturated rings. The number of hydrogen-bond donors (Lipinski definition) is 1. The Bertz CT molecular complexity index is 477. The second-order valence-electron chi connectivity index (χ2n) is 3.55. The first-order valence-electron chi connectivity index (χ1n) is 4.79. The summed E-state index contributed by atoms with van der Waals surface area (Å²) in [5.74, 6) is -0.354. The smallest absolute Gasteiger partial charge is 0.146 e. The zero-order valence-corrected chi connectivity index (χ0v) is 8.50. The quantitative estimate of drug-likeness (QED) is 0.703. The summed E-state index contributed by atoms with van der Waals surface area (Å²) < 4.78 is 13.2. The van der Waals surface area contributed by atoms with Crippen LogP contribution in [0.1, 0.15) is 5.56 Å². The highest BCUT2D eigenvalue weighted by Gasteiger charge is 2.05. The van der Waals surface area contributed by atoms with E-state index >= 15 is 0 Å². The van der Waals surface area contributed by atoms with Crippen molar-refractivity contribution < 1.29 is 4.39 Å². The van der Waals surface area contributed by atoms with E-state index in [9.17, 15) is 4.39 Å². The lowest BCUT2D eigenvalue weighted by Crippen LogP contribution is -1.93. The lowest BCUT2D eigenvalue weighted by molar-refractivity contribution is 0.631. The van der Waals surface area contributed by atoms with Crippen LogP contribution >= 0.6 is 0 Å². The van der Waals surface area contributed by atoms with Crippen molar-refractivity contribution in [1.82, 2.24) is 0 Å². The largest absolute Gasteiger partial charge is 0.396 e. The Labute approximate surface area is 88.4 Å². The van der Waals surface area contributed by atoms with Crippen LogP contribution in [-0.4, -0.2) is 0 Å². The van der Waals surface area contributed by atoms with Crippen LogP contribution in [0.15, 0.2) is 42.5 Å². The predicted molar refractivity (Wildman–Crippen MR) is 61.0 cm³/mol. The van der Waals surface area contributed by atoms with E-state index in [0.29, 0.717) is 0 Å². The summed E-state index contributed by atoms with van der Waals surface area (Å²) in [6.45, 7) is 1.88. The summed E-state index contributed by atoms with van der Waals surface area (Å²) in [7, 11) is 0. The van der Waals surface area contributed by atoms with Gasteiger partial charge in [-0.15, -0.1) is 0 Å². The monoisotopic (exact) mass is 201 g/mol. The average Bonchev–Trinajstić information content (AvgIpc) is 2.25. The van der Waals surface area contributed by atoms with Gasteiger partial charge in [0.15, 0.2) is 0 Å². The molecule has 2 aromatic rings. The van der Waals surface area contributed by atoms with Gasteiger partial charge in [0, 0.05) is 0 Å². The van der Waals surface area contributed by atoms with Crippen molar-refractivity contribution in [3.8, 4) is 11.1 Å². The van der Waals surface area contributed by atoms with E-state index in [2.05, 4.69) is 0 Å². The molecule has 0 radical (unpaired) electrons. The molecule has 0 unspecified atom stereocenters. The number of aryl methyl sites for hydroxylation is 1. The number of rotatable bonds is 1. The molecule has 2 heteroatoms. The summed E-state index contributed by atoms with van der Waals surface area (Å²) in [4.78, 5) is 0. The minimum atomic E-state index is -0.354. The minimum absolute atomic E-state index is 0.194. The third kappa shape index (κ3) is 1.84. The Morgan fingerprint density at radius 1 is 1.07 bits per heavy atom. The topological polar surface area (TPSA) is 26.0 Å². The maximum absolute atomic E-state index is 13.2. The summed E-state index contributed by atoms with van der Waals surface area (Å²) in [5.41, 5.74) is 8.68. The van der Waals surface area contributed by atoms with E-state index in [-0.39, 0.29) is 11.5 Å². The zero-order valence-electron chi connectivity index (χ0n) is 8.50. The van der Waals surface area contributed by atoms with Crippen molar-refractivity contribution in [3.05, 3.63) is 53.8 Å². The van der Waals surface area contributed by atoms with Crippen molar-refractivity contribution in [1.29, 1.82) is 0 Å². The summed E-state index contributed by atoms with van der Waals surface area (Å²) >= 11 is 0. The fourth-order valence-electron chi connectivity index (χ4n) is 1.62. The second kappa shape index (κ2) is 3.73. The zero-order chi connectivity index (χ0) is 10.8. The van der Waals surface area contributed by atoms with Crippen LogP contribution in [0.5, 0.6) is 0 Å². The lowest BCUT2D eigenvalue weighted by atomic mass is 10.00. The van der Waals surface area contributed by atoms with Crippen LogP contribution < -0.4 is 5.73 Å². The van der Waals surface area contributed by atoms with Gasteiger partial charge in [-0.05, 0) is 35.7 Å². The maximum Gasteiger partial charge on any atom is 0.146 e. The van der Waals surface area contributed by atoms with Crippen molar-refractivity contribution in [2.75, 3.05) is 5.73 Å². The molecule has 1 nitrogen and oxygen atoms in total. The third-order valence-electron chi connectivity index (χ3n) is 2.43. The third-order valence-corrected chi connectivity index (χ3v) is 2.43. The SMILES string of the molecule is Cc1cc(F)c(N)cc1-c1ccccc1. The van der Waals surface area contributed by atoms with Crippen molar-refractivity contribution in [3.63, 3.8) is 0 Å². The summed E-state index contributed by atoms with van der Waals surface area (Å²) in [6, 6.07) is 13.0. The first-order valence-corrected chi connectivity index (χ1v) is 4.79. The molecule has 0 aliphatic carbocycles. The van der Waals surface area contributed by atoms with Gasteiger partial charge in [-0.1, -0.05) is 30.3 Å². The molecule has 0 aliphatic rings. The second-order valence-corrected chi connectivity index (χ2v) is 3.55. The molecule has 15 heavy (non-hydrogen) atoms. The molecule has 0 bridgehead atoms. The highest BCUT2D eigenvalue weighted by molar-refractivity contribution is 5.70. The summed E-state index contributed by atoms with van der Waals surface area (Å²) in [6.07, 6.45) is 0. The highest BCUT2D eigenvalue weighted by Crippen LogP contribution is 2.26. The van der Waals surface area contributed by atoms with Crippen molar-refractivity contribution >= 4 is 5.69 Å². The van der Waals surface area contributed by atoms with Crippen LogP contribution in [-0.2, 0) is 0 Å². The normalized spacial score (nSPS) is 10.3. The van der Waals surface area contributed by atoms with Gasteiger partial charge in [0.1, 0.15) is 5.82 Å². The van der Waals surface area contributed by atoms with Crippen LogP contribution in [0.3, 0.4) is 0 Å². The molecule has 2 N–H and O–H groups in total. The van der Waals surface area contributed by atoms with E-state index < -0.39 is 0 Å². The van der Waals surface area contributed by atoms with Gasteiger partial charge in [-0.25, -0.2) is 4.39 Å². The Balaban J connectivity index is 2.59. The Morgan fingerprint density at radius 3 is 2.40 bits per heavy atom.